The number of nitrogens with zero attached hydrogens (tertiary/aromatic N) is 2. The van der Waals surface area contributed by atoms with Crippen LogP contribution in [0.2, 0.25) is 5.02 Å². The van der Waals surface area contributed by atoms with Crippen molar-refractivity contribution in [1.82, 2.24) is 4.98 Å². The summed E-state index contributed by atoms with van der Waals surface area (Å²) < 4.78 is 36.7. The zero-order valence-corrected chi connectivity index (χ0v) is 17.9. The summed E-state index contributed by atoms with van der Waals surface area (Å²) >= 11 is 5.83. The fourth-order valence-corrected chi connectivity index (χ4v) is 4.24. The van der Waals surface area contributed by atoms with Crippen LogP contribution in [0.25, 0.3) is 0 Å². The van der Waals surface area contributed by atoms with E-state index in [-0.39, 0.29) is 22.3 Å². The number of furan rings is 2. The summed E-state index contributed by atoms with van der Waals surface area (Å²) in [5, 5.41) is 0.0708. The average Bonchev–Trinajstić information content (AvgIpc) is 3.42. The molecule has 7 nitrogen and oxygen atoms in total. The number of aryl methyl sites for hydroxylation is 1. The molecule has 0 N–H and O–H groups in total. The first-order valence-electron chi connectivity index (χ1n) is 9.23. The van der Waals surface area contributed by atoms with Crippen LogP contribution in [0.4, 0.5) is 5.82 Å². The maximum absolute atomic E-state index is 13.2. The molecule has 9 heteroatoms. The Hall–Kier alpha value is -3.36. The summed E-state index contributed by atoms with van der Waals surface area (Å²) in [6.07, 6.45) is 1.56. The average molecular weight is 457 g/mol. The number of rotatable bonds is 6. The number of benzene rings is 1. The number of carbonyl (C=O) groups is 1. The Kier molecular flexibility index (Phi) is 5.67. The molecule has 0 fully saturated rings. The fourth-order valence-electron chi connectivity index (χ4n) is 2.94. The highest BCUT2D eigenvalue weighted by molar-refractivity contribution is 7.91. The van der Waals surface area contributed by atoms with Gasteiger partial charge in [0.05, 0.1) is 11.4 Å². The van der Waals surface area contributed by atoms with Crippen molar-refractivity contribution >= 4 is 33.2 Å². The van der Waals surface area contributed by atoms with Gasteiger partial charge in [0, 0.05) is 11.2 Å². The van der Waals surface area contributed by atoms with Crippen LogP contribution >= 0.6 is 11.6 Å². The lowest BCUT2D eigenvalue weighted by atomic mass is 10.3. The van der Waals surface area contributed by atoms with E-state index in [1.165, 1.54) is 41.3 Å². The van der Waals surface area contributed by atoms with Gasteiger partial charge in [-0.15, -0.1) is 0 Å². The molecule has 0 aliphatic rings. The third-order valence-corrected chi connectivity index (χ3v) is 6.36. The molecule has 1 amide bonds. The van der Waals surface area contributed by atoms with E-state index >= 15 is 0 Å². The van der Waals surface area contributed by atoms with Crippen molar-refractivity contribution in [1.29, 1.82) is 0 Å². The minimum Gasteiger partial charge on any atom is -0.464 e. The smallest absolute Gasteiger partial charge is 0.295 e. The first kappa shape index (κ1) is 20.9. The van der Waals surface area contributed by atoms with Crippen molar-refractivity contribution in [2.45, 2.75) is 23.5 Å². The number of hydrogen-bond acceptors (Lipinski definition) is 6. The second-order valence-corrected chi connectivity index (χ2v) is 8.98. The molecular weight excluding hydrogens is 440 g/mol. The van der Waals surface area contributed by atoms with E-state index in [1.807, 2.05) is 0 Å². The minimum atomic E-state index is -3.94. The van der Waals surface area contributed by atoms with Crippen molar-refractivity contribution in [2.24, 2.45) is 0 Å². The van der Waals surface area contributed by atoms with Gasteiger partial charge in [0.25, 0.3) is 5.91 Å². The lowest BCUT2D eigenvalue weighted by Crippen LogP contribution is -2.30. The monoisotopic (exact) mass is 456 g/mol. The number of aromatic nitrogens is 1. The van der Waals surface area contributed by atoms with Gasteiger partial charge in [0.1, 0.15) is 17.3 Å². The van der Waals surface area contributed by atoms with Crippen LogP contribution in [0.1, 0.15) is 22.1 Å². The molecule has 0 aliphatic heterocycles. The van der Waals surface area contributed by atoms with Gasteiger partial charge >= 0.3 is 0 Å². The van der Waals surface area contributed by atoms with E-state index in [2.05, 4.69) is 4.98 Å². The highest BCUT2D eigenvalue weighted by Crippen LogP contribution is 2.26. The summed E-state index contributed by atoms with van der Waals surface area (Å²) in [7, 11) is -3.94. The first-order valence-corrected chi connectivity index (χ1v) is 11.1. The molecule has 0 radical (unpaired) electrons. The van der Waals surface area contributed by atoms with Gasteiger partial charge in [-0.2, -0.15) is 0 Å². The standard InChI is InChI=1S/C22H17ClN2O5S/c1-15-5-8-17(29-15)14-25(20-4-2-3-13-24-20)22(26)19-11-12-21(30-19)31(27,28)18-9-6-16(23)7-10-18/h2-13H,14H2,1H3. The normalized spacial score (nSPS) is 11.4. The third kappa shape index (κ3) is 4.40. The molecule has 0 saturated heterocycles. The van der Waals surface area contributed by atoms with Gasteiger partial charge in [-0.25, -0.2) is 13.4 Å². The number of pyridine rings is 1. The van der Waals surface area contributed by atoms with E-state index in [0.29, 0.717) is 22.4 Å². The van der Waals surface area contributed by atoms with Crippen LogP contribution in [0.5, 0.6) is 0 Å². The SMILES string of the molecule is Cc1ccc(CN(C(=O)c2ccc(S(=O)(=O)c3ccc(Cl)cc3)o2)c2ccccn2)o1. The van der Waals surface area contributed by atoms with Crippen LogP contribution in [-0.2, 0) is 16.4 Å². The van der Waals surface area contributed by atoms with Crippen LogP contribution in [0, 0.1) is 6.92 Å². The van der Waals surface area contributed by atoms with E-state index in [9.17, 15) is 13.2 Å². The van der Waals surface area contributed by atoms with Crippen molar-refractivity contribution in [3.8, 4) is 0 Å². The first-order chi connectivity index (χ1) is 14.8. The third-order valence-electron chi connectivity index (χ3n) is 4.46. The molecule has 0 spiro atoms. The van der Waals surface area contributed by atoms with Crippen LogP contribution in [0.15, 0.2) is 91.7 Å². The molecule has 4 rings (SSSR count). The van der Waals surface area contributed by atoms with E-state index < -0.39 is 15.7 Å². The van der Waals surface area contributed by atoms with E-state index in [4.69, 9.17) is 20.4 Å². The molecule has 0 unspecified atom stereocenters. The van der Waals surface area contributed by atoms with Crippen molar-refractivity contribution in [2.75, 3.05) is 4.90 Å². The highest BCUT2D eigenvalue weighted by atomic mass is 35.5. The van der Waals surface area contributed by atoms with Crippen LogP contribution < -0.4 is 4.90 Å². The maximum atomic E-state index is 13.2. The number of halogens is 1. The van der Waals surface area contributed by atoms with Crippen molar-refractivity contribution in [3.63, 3.8) is 0 Å². The number of carbonyl (C=O) groups excluding carboxylic acids is 1. The molecular formula is C22H17ClN2O5S. The summed E-state index contributed by atoms with van der Waals surface area (Å²) in [5.41, 5.74) is 0. The van der Waals surface area contributed by atoms with Crippen molar-refractivity contribution < 1.29 is 22.0 Å². The van der Waals surface area contributed by atoms with Gasteiger partial charge < -0.3 is 8.83 Å². The van der Waals surface area contributed by atoms with Gasteiger partial charge in [-0.05, 0) is 67.6 Å². The Morgan fingerprint density at radius 2 is 1.77 bits per heavy atom. The predicted octanol–water partition coefficient (Wildman–Crippen LogP) is 4.91. The predicted molar refractivity (Wildman–Crippen MR) is 114 cm³/mol. The van der Waals surface area contributed by atoms with E-state index in [1.54, 1.807) is 43.5 Å². The Morgan fingerprint density at radius 3 is 2.42 bits per heavy atom. The number of sulfone groups is 1. The Morgan fingerprint density at radius 1 is 1.00 bits per heavy atom. The molecule has 4 aromatic rings. The molecule has 3 aromatic heterocycles. The molecule has 3 heterocycles. The van der Waals surface area contributed by atoms with Gasteiger partial charge in [0.2, 0.25) is 14.9 Å². The maximum Gasteiger partial charge on any atom is 0.295 e. The summed E-state index contributed by atoms with van der Waals surface area (Å²) in [5.74, 6) is 0.946. The summed E-state index contributed by atoms with van der Waals surface area (Å²) in [6.45, 7) is 1.90. The topological polar surface area (TPSA) is 93.6 Å². The summed E-state index contributed by atoms with van der Waals surface area (Å²) in [4.78, 5) is 18.8. The second kappa shape index (κ2) is 8.41. The lowest BCUT2D eigenvalue weighted by Gasteiger charge is -2.19. The van der Waals surface area contributed by atoms with Crippen LogP contribution in [-0.4, -0.2) is 19.3 Å². The molecule has 0 saturated carbocycles. The Balaban J connectivity index is 1.66. The fraction of sp³-hybridized carbons (Fsp3) is 0.0909. The van der Waals surface area contributed by atoms with Crippen LogP contribution in [0.3, 0.4) is 0 Å². The summed E-state index contributed by atoms with van der Waals surface area (Å²) in [6, 6.07) is 17.0. The zero-order chi connectivity index (χ0) is 22.0. The largest absolute Gasteiger partial charge is 0.464 e. The van der Waals surface area contributed by atoms with Crippen molar-refractivity contribution in [3.05, 3.63) is 95.2 Å². The highest BCUT2D eigenvalue weighted by Gasteiger charge is 2.27. The second-order valence-electron chi connectivity index (χ2n) is 6.67. The molecule has 0 atom stereocenters. The zero-order valence-electron chi connectivity index (χ0n) is 16.4. The molecule has 0 aliphatic carbocycles. The number of amides is 1. The lowest BCUT2D eigenvalue weighted by molar-refractivity contribution is 0.0950. The molecule has 0 bridgehead atoms. The minimum absolute atomic E-state index is 0.0119. The number of hydrogen-bond donors (Lipinski definition) is 0. The quantitative estimate of drug-likeness (QED) is 0.409. The van der Waals surface area contributed by atoms with Gasteiger partial charge in [0.15, 0.2) is 5.76 Å². The Bertz CT molecular complexity index is 1310. The number of anilines is 1. The molecule has 158 valence electrons. The molecule has 1 aromatic carbocycles. The molecule has 31 heavy (non-hydrogen) atoms. The van der Waals surface area contributed by atoms with Gasteiger partial charge in [-0.1, -0.05) is 17.7 Å². The van der Waals surface area contributed by atoms with E-state index in [0.717, 1.165) is 0 Å². The Labute approximate surface area is 183 Å². The van der Waals surface area contributed by atoms with Gasteiger partial charge in [-0.3, -0.25) is 9.69 Å².